The number of allylic oxidation sites excluding steroid dienone is 1. The summed E-state index contributed by atoms with van der Waals surface area (Å²) in [7, 11) is 1.58. The molecule has 9 nitrogen and oxygen atoms in total. The number of carbonyl (C=O) groups is 2. The Morgan fingerprint density at radius 2 is 1.76 bits per heavy atom. The predicted octanol–water partition coefficient (Wildman–Crippen LogP) is 4.73. The summed E-state index contributed by atoms with van der Waals surface area (Å²) in [5.41, 5.74) is 1.20. The van der Waals surface area contributed by atoms with Gasteiger partial charge in [-0.2, -0.15) is 0 Å². The van der Waals surface area contributed by atoms with E-state index in [2.05, 4.69) is 27.4 Å². The van der Waals surface area contributed by atoms with Gasteiger partial charge in [-0.3, -0.25) is 9.59 Å². The van der Waals surface area contributed by atoms with Crippen LogP contribution in [0.1, 0.15) is 43.0 Å². The van der Waals surface area contributed by atoms with Gasteiger partial charge in [-0.1, -0.05) is 31.7 Å². The normalized spacial score (nSPS) is 11.6. The first kappa shape index (κ1) is 27.8. The molecule has 10 heteroatoms. The fraction of sp³-hybridized carbons (Fsp3) is 0.333. The number of thioether (sulfide) groups is 1. The van der Waals surface area contributed by atoms with Crippen molar-refractivity contribution in [3.05, 3.63) is 72.6 Å². The van der Waals surface area contributed by atoms with Gasteiger partial charge in [-0.15, -0.1) is 16.8 Å². The zero-order valence-corrected chi connectivity index (χ0v) is 22.4. The van der Waals surface area contributed by atoms with E-state index in [4.69, 9.17) is 9.47 Å². The largest absolute Gasteiger partial charge is 0.497 e. The van der Waals surface area contributed by atoms with Crippen LogP contribution in [0, 0.1) is 5.92 Å². The summed E-state index contributed by atoms with van der Waals surface area (Å²) in [5.74, 6) is 1.82. The van der Waals surface area contributed by atoms with Crippen LogP contribution in [0.4, 0.5) is 5.69 Å². The molecule has 2 N–H and O–H groups in total. The lowest BCUT2D eigenvalue weighted by molar-refractivity contribution is -0.113. The van der Waals surface area contributed by atoms with Crippen molar-refractivity contribution in [2.24, 2.45) is 5.92 Å². The molecule has 0 radical (unpaired) electrons. The molecule has 2 aromatic carbocycles. The Kier molecular flexibility index (Phi) is 10.1. The lowest BCUT2D eigenvalue weighted by Crippen LogP contribution is -2.33. The Bertz CT molecular complexity index is 1190. The first-order valence-electron chi connectivity index (χ1n) is 12.0. The third kappa shape index (κ3) is 7.60. The van der Waals surface area contributed by atoms with Crippen LogP contribution in [0.3, 0.4) is 0 Å². The topological polar surface area (TPSA) is 107 Å². The van der Waals surface area contributed by atoms with E-state index in [1.54, 1.807) is 49.6 Å². The fourth-order valence-electron chi connectivity index (χ4n) is 3.56. The van der Waals surface area contributed by atoms with Gasteiger partial charge in [0, 0.05) is 17.8 Å². The lowest BCUT2D eigenvalue weighted by Gasteiger charge is -2.22. The standard InChI is InChI=1S/C27H33N5O4S/c1-6-16-32-25(24(18(3)4)29-26(34)19-8-12-21(35-5)13-9-19)30-31-27(32)37-17-23(33)28-20-10-14-22(15-11-20)36-7-2/h6,8-15,18,24H,1,7,16-17H2,2-5H3,(H,28,33)(H,29,34)/t24-/m1/s1. The zero-order chi connectivity index (χ0) is 26.8. The minimum Gasteiger partial charge on any atom is -0.497 e. The van der Waals surface area contributed by atoms with Crippen LogP contribution in [0.5, 0.6) is 11.5 Å². The molecular formula is C27H33N5O4S. The molecule has 0 aliphatic heterocycles. The van der Waals surface area contributed by atoms with Crippen LogP contribution >= 0.6 is 11.8 Å². The molecule has 1 heterocycles. The molecule has 2 amide bonds. The Morgan fingerprint density at radius 1 is 1.08 bits per heavy atom. The molecule has 0 aliphatic carbocycles. The number of amides is 2. The molecule has 37 heavy (non-hydrogen) atoms. The van der Waals surface area contributed by atoms with Gasteiger partial charge in [0.25, 0.3) is 5.91 Å². The molecule has 0 saturated carbocycles. The van der Waals surface area contributed by atoms with Crippen molar-refractivity contribution in [1.82, 2.24) is 20.1 Å². The van der Waals surface area contributed by atoms with E-state index in [9.17, 15) is 9.59 Å². The summed E-state index contributed by atoms with van der Waals surface area (Å²) in [6.07, 6.45) is 1.74. The second-order valence-corrected chi connectivity index (χ2v) is 9.40. The van der Waals surface area contributed by atoms with E-state index in [0.717, 1.165) is 5.75 Å². The second-order valence-electron chi connectivity index (χ2n) is 8.46. The van der Waals surface area contributed by atoms with Gasteiger partial charge in [0.2, 0.25) is 5.91 Å². The molecule has 3 aromatic rings. The van der Waals surface area contributed by atoms with Crippen LogP contribution in [0.25, 0.3) is 0 Å². The number of benzene rings is 2. The summed E-state index contributed by atoms with van der Waals surface area (Å²) in [6.45, 7) is 10.8. The van der Waals surface area contributed by atoms with Crippen molar-refractivity contribution < 1.29 is 19.1 Å². The number of nitrogens with one attached hydrogen (secondary N) is 2. The lowest BCUT2D eigenvalue weighted by atomic mass is 10.0. The zero-order valence-electron chi connectivity index (χ0n) is 21.6. The van der Waals surface area contributed by atoms with Gasteiger partial charge in [-0.05, 0) is 61.4 Å². The van der Waals surface area contributed by atoms with E-state index >= 15 is 0 Å². The molecule has 1 aromatic heterocycles. The van der Waals surface area contributed by atoms with Crippen LogP contribution < -0.4 is 20.1 Å². The maximum Gasteiger partial charge on any atom is 0.251 e. The van der Waals surface area contributed by atoms with E-state index < -0.39 is 6.04 Å². The van der Waals surface area contributed by atoms with Gasteiger partial charge in [0.1, 0.15) is 11.5 Å². The average Bonchev–Trinajstić information content (AvgIpc) is 3.29. The fourth-order valence-corrected chi connectivity index (χ4v) is 4.32. The molecule has 0 spiro atoms. The van der Waals surface area contributed by atoms with Crippen molar-refractivity contribution in [2.75, 3.05) is 24.8 Å². The third-order valence-electron chi connectivity index (χ3n) is 5.42. The monoisotopic (exact) mass is 523 g/mol. The number of anilines is 1. The van der Waals surface area contributed by atoms with Crippen LogP contribution in [-0.4, -0.2) is 46.0 Å². The number of nitrogens with zero attached hydrogens (tertiary/aromatic N) is 3. The van der Waals surface area contributed by atoms with Crippen molar-refractivity contribution >= 4 is 29.3 Å². The number of hydrogen-bond donors (Lipinski definition) is 2. The summed E-state index contributed by atoms with van der Waals surface area (Å²) in [6, 6.07) is 13.7. The summed E-state index contributed by atoms with van der Waals surface area (Å²) < 4.78 is 12.5. The van der Waals surface area contributed by atoms with E-state index in [-0.39, 0.29) is 23.5 Å². The quantitative estimate of drug-likeness (QED) is 0.246. The Hall–Kier alpha value is -3.79. The number of ether oxygens (including phenoxy) is 2. The molecule has 1 atom stereocenters. The molecule has 0 saturated heterocycles. The van der Waals surface area contributed by atoms with Crippen molar-refractivity contribution in [2.45, 2.75) is 38.5 Å². The molecular weight excluding hydrogens is 490 g/mol. The first-order chi connectivity index (χ1) is 17.9. The molecule has 0 aliphatic rings. The highest BCUT2D eigenvalue weighted by atomic mass is 32.2. The van der Waals surface area contributed by atoms with Gasteiger partial charge >= 0.3 is 0 Å². The smallest absolute Gasteiger partial charge is 0.251 e. The maximum atomic E-state index is 13.0. The summed E-state index contributed by atoms with van der Waals surface area (Å²) >= 11 is 1.27. The Labute approximate surface area is 221 Å². The predicted molar refractivity (Wildman–Crippen MR) is 145 cm³/mol. The van der Waals surface area contributed by atoms with Gasteiger partial charge in [-0.25, -0.2) is 0 Å². The van der Waals surface area contributed by atoms with E-state index in [1.807, 2.05) is 37.5 Å². The Morgan fingerprint density at radius 3 is 2.35 bits per heavy atom. The van der Waals surface area contributed by atoms with Gasteiger partial charge in [0.05, 0.1) is 25.5 Å². The molecule has 196 valence electrons. The summed E-state index contributed by atoms with van der Waals surface area (Å²) in [5, 5.41) is 15.2. The highest BCUT2D eigenvalue weighted by Gasteiger charge is 2.26. The Balaban J connectivity index is 1.70. The number of aromatic nitrogens is 3. The van der Waals surface area contributed by atoms with Crippen molar-refractivity contribution in [3.63, 3.8) is 0 Å². The van der Waals surface area contributed by atoms with E-state index in [1.165, 1.54) is 11.8 Å². The molecule has 0 unspecified atom stereocenters. The number of carbonyl (C=O) groups excluding carboxylic acids is 2. The number of rotatable bonds is 13. The minimum atomic E-state index is -0.394. The van der Waals surface area contributed by atoms with E-state index in [0.29, 0.717) is 41.1 Å². The highest BCUT2D eigenvalue weighted by Crippen LogP contribution is 2.26. The first-order valence-corrected chi connectivity index (χ1v) is 13.0. The van der Waals surface area contributed by atoms with Crippen molar-refractivity contribution in [1.29, 1.82) is 0 Å². The van der Waals surface area contributed by atoms with Crippen LogP contribution in [-0.2, 0) is 11.3 Å². The minimum absolute atomic E-state index is 0.0378. The summed E-state index contributed by atoms with van der Waals surface area (Å²) in [4.78, 5) is 25.5. The maximum absolute atomic E-state index is 13.0. The average molecular weight is 524 g/mol. The highest BCUT2D eigenvalue weighted by molar-refractivity contribution is 7.99. The van der Waals surface area contributed by atoms with Gasteiger partial charge in [0.15, 0.2) is 11.0 Å². The van der Waals surface area contributed by atoms with Gasteiger partial charge < -0.3 is 24.7 Å². The molecule has 0 fully saturated rings. The number of hydrogen-bond acceptors (Lipinski definition) is 7. The second kappa shape index (κ2) is 13.5. The number of methoxy groups -OCH3 is 1. The van der Waals surface area contributed by atoms with Crippen LogP contribution in [0.15, 0.2) is 66.3 Å². The van der Waals surface area contributed by atoms with Crippen LogP contribution in [0.2, 0.25) is 0 Å². The molecule has 0 bridgehead atoms. The van der Waals surface area contributed by atoms with Crippen molar-refractivity contribution in [3.8, 4) is 11.5 Å². The third-order valence-corrected chi connectivity index (χ3v) is 6.39. The molecule has 3 rings (SSSR count). The SMILES string of the molecule is C=CCn1c(SCC(=O)Nc2ccc(OCC)cc2)nnc1[C@H](NC(=O)c1ccc(OC)cc1)C(C)C.